The van der Waals surface area contributed by atoms with Gasteiger partial charge in [-0.15, -0.1) is 0 Å². The fourth-order valence-electron chi connectivity index (χ4n) is 1.68. The molecule has 0 amide bonds. The Kier molecular flexibility index (Phi) is 3.34. The van der Waals surface area contributed by atoms with Crippen molar-refractivity contribution in [2.75, 3.05) is 11.9 Å². The molecule has 0 bridgehead atoms. The third kappa shape index (κ3) is 2.48. The maximum atomic E-state index is 5.88. The first-order valence-corrected chi connectivity index (χ1v) is 6.37. The van der Waals surface area contributed by atoms with E-state index in [-0.39, 0.29) is 0 Å². The lowest BCUT2D eigenvalue weighted by Gasteiger charge is -2.07. The van der Waals surface area contributed by atoms with Gasteiger partial charge in [0.05, 0.1) is 17.4 Å². The van der Waals surface area contributed by atoms with E-state index in [0.717, 1.165) is 0 Å². The summed E-state index contributed by atoms with van der Waals surface area (Å²) in [7, 11) is 0. The summed E-state index contributed by atoms with van der Waals surface area (Å²) in [4.78, 5) is 12.6. The van der Waals surface area contributed by atoms with Crippen LogP contribution in [0.2, 0.25) is 5.02 Å². The largest absolute Gasteiger partial charge is 0.436 e. The lowest BCUT2D eigenvalue weighted by Crippen LogP contribution is -2.03. The number of hydrogen-bond acceptors (Lipinski definition) is 6. The first kappa shape index (κ1) is 12.6. The number of anilines is 1. The Labute approximate surface area is 119 Å². The van der Waals surface area contributed by atoms with Crippen molar-refractivity contribution in [3.8, 4) is 11.6 Å². The van der Waals surface area contributed by atoms with E-state index in [1.54, 1.807) is 18.5 Å². The van der Waals surface area contributed by atoms with Crippen LogP contribution in [-0.4, -0.2) is 31.7 Å². The standard InChI is InChI=1S/C12H11ClN6O/c1-2-15-12-17-10-9(6-16-19-10)11(18-12)20-8-3-7(13)4-14-5-8/h3-6H,2H2,1H3,(H2,15,16,17,18,19). The first-order chi connectivity index (χ1) is 9.76. The lowest BCUT2D eigenvalue weighted by molar-refractivity contribution is 0.467. The molecule has 3 aromatic heterocycles. The zero-order valence-corrected chi connectivity index (χ0v) is 11.3. The minimum Gasteiger partial charge on any atom is -0.436 e. The second kappa shape index (κ2) is 5.30. The van der Waals surface area contributed by atoms with Gasteiger partial charge in [-0.3, -0.25) is 10.1 Å². The highest BCUT2D eigenvalue weighted by molar-refractivity contribution is 6.30. The van der Waals surface area contributed by atoms with Crippen LogP contribution in [0, 0.1) is 0 Å². The third-order valence-electron chi connectivity index (χ3n) is 2.50. The zero-order valence-electron chi connectivity index (χ0n) is 10.6. The Bertz CT molecular complexity index is 744. The number of fused-ring (bicyclic) bond motifs is 1. The van der Waals surface area contributed by atoms with E-state index in [1.165, 1.54) is 6.20 Å². The van der Waals surface area contributed by atoms with Crippen molar-refractivity contribution in [1.29, 1.82) is 0 Å². The van der Waals surface area contributed by atoms with Crippen molar-refractivity contribution in [2.45, 2.75) is 6.92 Å². The van der Waals surface area contributed by atoms with Crippen LogP contribution in [0.5, 0.6) is 11.6 Å². The van der Waals surface area contributed by atoms with Crippen molar-refractivity contribution in [1.82, 2.24) is 25.1 Å². The molecule has 0 aliphatic rings. The number of H-pyrrole nitrogens is 1. The molecule has 0 atom stereocenters. The van der Waals surface area contributed by atoms with Gasteiger partial charge in [0.1, 0.15) is 11.1 Å². The highest BCUT2D eigenvalue weighted by Gasteiger charge is 2.11. The maximum absolute atomic E-state index is 5.88. The van der Waals surface area contributed by atoms with Crippen LogP contribution in [0.1, 0.15) is 6.92 Å². The van der Waals surface area contributed by atoms with Gasteiger partial charge in [0.2, 0.25) is 11.8 Å². The molecule has 2 N–H and O–H groups in total. The van der Waals surface area contributed by atoms with Crippen LogP contribution in [0.3, 0.4) is 0 Å². The van der Waals surface area contributed by atoms with Crippen molar-refractivity contribution in [2.24, 2.45) is 0 Å². The van der Waals surface area contributed by atoms with Gasteiger partial charge in [-0.1, -0.05) is 11.6 Å². The van der Waals surface area contributed by atoms with Gasteiger partial charge >= 0.3 is 0 Å². The molecule has 0 aliphatic carbocycles. The van der Waals surface area contributed by atoms with E-state index < -0.39 is 0 Å². The average molecular weight is 291 g/mol. The van der Waals surface area contributed by atoms with E-state index in [1.807, 2.05) is 6.92 Å². The van der Waals surface area contributed by atoms with Crippen LogP contribution in [0.15, 0.2) is 24.7 Å². The third-order valence-corrected chi connectivity index (χ3v) is 2.71. The Hall–Kier alpha value is -2.41. The summed E-state index contributed by atoms with van der Waals surface area (Å²) in [6, 6.07) is 1.66. The van der Waals surface area contributed by atoms with E-state index in [0.29, 0.717) is 40.2 Å². The molecule has 8 heteroatoms. The fourth-order valence-corrected chi connectivity index (χ4v) is 1.85. The lowest BCUT2D eigenvalue weighted by atomic mass is 10.4. The summed E-state index contributed by atoms with van der Waals surface area (Å²) in [5, 5.41) is 11.0. The number of nitrogens with zero attached hydrogens (tertiary/aromatic N) is 4. The van der Waals surface area contributed by atoms with Crippen molar-refractivity contribution >= 4 is 28.6 Å². The zero-order chi connectivity index (χ0) is 13.9. The molecule has 0 unspecified atom stereocenters. The minimum atomic E-state index is 0.392. The molecule has 0 aliphatic heterocycles. The highest BCUT2D eigenvalue weighted by Crippen LogP contribution is 2.28. The summed E-state index contributed by atoms with van der Waals surface area (Å²) >= 11 is 5.88. The van der Waals surface area contributed by atoms with Gasteiger partial charge in [-0.2, -0.15) is 15.1 Å². The minimum absolute atomic E-state index is 0.392. The summed E-state index contributed by atoms with van der Waals surface area (Å²) in [5.74, 6) is 1.36. The molecule has 0 spiro atoms. The van der Waals surface area contributed by atoms with Gasteiger partial charge < -0.3 is 10.1 Å². The second-order valence-electron chi connectivity index (χ2n) is 3.96. The number of aromatic nitrogens is 5. The van der Waals surface area contributed by atoms with Gasteiger partial charge in [-0.05, 0) is 6.92 Å². The number of pyridine rings is 1. The van der Waals surface area contributed by atoms with Gasteiger partial charge in [0, 0.05) is 18.8 Å². The van der Waals surface area contributed by atoms with Crippen molar-refractivity contribution < 1.29 is 4.74 Å². The molecule has 0 radical (unpaired) electrons. The molecule has 3 heterocycles. The van der Waals surface area contributed by atoms with E-state index in [9.17, 15) is 0 Å². The van der Waals surface area contributed by atoms with E-state index >= 15 is 0 Å². The van der Waals surface area contributed by atoms with Crippen LogP contribution < -0.4 is 10.1 Å². The first-order valence-electron chi connectivity index (χ1n) is 5.99. The van der Waals surface area contributed by atoms with E-state index in [2.05, 4.69) is 30.5 Å². The molecule has 102 valence electrons. The Morgan fingerprint density at radius 1 is 1.30 bits per heavy atom. The topological polar surface area (TPSA) is 88.6 Å². The fraction of sp³-hybridized carbons (Fsp3) is 0.167. The van der Waals surface area contributed by atoms with Gasteiger partial charge in [0.25, 0.3) is 0 Å². The molecule has 0 saturated carbocycles. The maximum Gasteiger partial charge on any atom is 0.235 e. The summed E-state index contributed by atoms with van der Waals surface area (Å²) in [6.45, 7) is 2.67. The normalized spacial score (nSPS) is 10.7. The second-order valence-corrected chi connectivity index (χ2v) is 4.39. The van der Waals surface area contributed by atoms with Gasteiger partial charge in [0.15, 0.2) is 5.65 Å². The molecule has 0 saturated heterocycles. The molecule has 20 heavy (non-hydrogen) atoms. The molecular weight excluding hydrogens is 280 g/mol. The molecule has 0 fully saturated rings. The average Bonchev–Trinajstić information content (AvgIpc) is 2.87. The van der Waals surface area contributed by atoms with Crippen LogP contribution in [0.4, 0.5) is 5.95 Å². The summed E-state index contributed by atoms with van der Waals surface area (Å²) < 4.78 is 5.72. The molecule has 0 aromatic carbocycles. The predicted octanol–water partition coefficient (Wildman–Crippen LogP) is 2.63. The Morgan fingerprint density at radius 2 is 2.20 bits per heavy atom. The summed E-state index contributed by atoms with van der Waals surface area (Å²) in [5.41, 5.74) is 0.598. The smallest absolute Gasteiger partial charge is 0.235 e. The van der Waals surface area contributed by atoms with Crippen LogP contribution in [-0.2, 0) is 0 Å². The van der Waals surface area contributed by atoms with Crippen molar-refractivity contribution in [3.05, 3.63) is 29.7 Å². The van der Waals surface area contributed by atoms with Crippen molar-refractivity contribution in [3.63, 3.8) is 0 Å². The van der Waals surface area contributed by atoms with Crippen LogP contribution >= 0.6 is 11.6 Å². The number of halogens is 1. The predicted molar refractivity (Wildman–Crippen MR) is 75.2 cm³/mol. The van der Waals surface area contributed by atoms with Gasteiger partial charge in [-0.25, -0.2) is 0 Å². The Morgan fingerprint density at radius 3 is 3.00 bits per heavy atom. The quantitative estimate of drug-likeness (QED) is 0.768. The number of ether oxygens (including phenoxy) is 1. The monoisotopic (exact) mass is 290 g/mol. The number of hydrogen-bond donors (Lipinski definition) is 2. The molecule has 3 aromatic rings. The number of nitrogens with one attached hydrogen (secondary N) is 2. The SMILES string of the molecule is CCNc1nc(Oc2cncc(Cl)c2)c2cn[nH]c2n1. The van der Waals surface area contributed by atoms with E-state index in [4.69, 9.17) is 16.3 Å². The number of aromatic amines is 1. The molecular formula is C12H11ClN6O. The number of rotatable bonds is 4. The molecule has 3 rings (SSSR count). The summed E-state index contributed by atoms with van der Waals surface area (Å²) in [6.07, 6.45) is 4.71. The van der Waals surface area contributed by atoms with Crippen LogP contribution in [0.25, 0.3) is 11.0 Å². The molecule has 7 nitrogen and oxygen atoms in total. The Balaban J connectivity index is 2.02. The highest BCUT2D eigenvalue weighted by atomic mass is 35.5.